The molecule has 1 aromatic carbocycles. The molecule has 0 N–H and O–H groups in total. The highest BCUT2D eigenvalue weighted by molar-refractivity contribution is 5.72. The minimum absolute atomic E-state index is 1.04. The Labute approximate surface area is 73.6 Å². The second-order valence-corrected chi connectivity index (χ2v) is 2.39. The van der Waals surface area contributed by atoms with E-state index in [-0.39, 0.29) is 0 Å². The molecule has 0 aliphatic rings. The molecule has 1 aromatic rings. The predicted octanol–water partition coefficient (Wildman–Crippen LogP) is 3.42. The van der Waals surface area contributed by atoms with Crippen LogP contribution in [0.4, 0.5) is 0 Å². The van der Waals surface area contributed by atoms with Crippen molar-refractivity contribution in [2.24, 2.45) is 0 Å². The second-order valence-electron chi connectivity index (χ2n) is 2.39. The summed E-state index contributed by atoms with van der Waals surface area (Å²) in [6.45, 7) is 11.2. The normalized spacial score (nSPS) is 9.00. The number of rotatable bonds is 3. The molecule has 0 saturated heterocycles. The molecule has 0 atom stereocenters. The molecule has 1 radical (unpaired) electrons. The average Bonchev–Trinajstić information content (AvgIpc) is 2.16. The van der Waals surface area contributed by atoms with E-state index in [1.54, 1.807) is 12.2 Å². The molecule has 0 heterocycles. The summed E-state index contributed by atoms with van der Waals surface area (Å²) in [4.78, 5) is 0. The van der Waals surface area contributed by atoms with Gasteiger partial charge >= 0.3 is 0 Å². The van der Waals surface area contributed by atoms with Crippen molar-refractivity contribution in [1.82, 2.24) is 0 Å². The van der Waals surface area contributed by atoms with Gasteiger partial charge in [-0.2, -0.15) is 0 Å². The van der Waals surface area contributed by atoms with Gasteiger partial charge in [-0.3, -0.25) is 0 Å². The molecule has 0 amide bonds. The summed E-state index contributed by atoms with van der Waals surface area (Å²) in [7, 11) is 0. The number of hydrogen-bond acceptors (Lipinski definition) is 0. The fourth-order valence-electron chi connectivity index (χ4n) is 1.12. The first-order valence-corrected chi connectivity index (χ1v) is 3.75. The van der Waals surface area contributed by atoms with E-state index in [4.69, 9.17) is 0 Å². The van der Waals surface area contributed by atoms with Crippen LogP contribution < -0.4 is 0 Å². The molecule has 0 bridgehead atoms. The van der Waals surface area contributed by atoms with Crippen LogP contribution in [0.25, 0.3) is 18.2 Å². The molecule has 0 aromatic heterocycles. The smallest absolute Gasteiger partial charge is 0.0117 e. The van der Waals surface area contributed by atoms with Gasteiger partial charge in [-0.15, -0.1) is 0 Å². The third-order valence-corrected chi connectivity index (χ3v) is 1.74. The molecule has 0 saturated carbocycles. The van der Waals surface area contributed by atoms with Crippen LogP contribution in [0.5, 0.6) is 0 Å². The van der Waals surface area contributed by atoms with Crippen molar-refractivity contribution < 1.29 is 0 Å². The minimum atomic E-state index is 1.04. The Kier molecular flexibility index (Phi) is 2.65. The Morgan fingerprint density at radius 2 is 1.42 bits per heavy atom. The Balaban J connectivity index is 3.40. The van der Waals surface area contributed by atoms with Crippen LogP contribution in [0.3, 0.4) is 0 Å². The maximum atomic E-state index is 3.74. The molecule has 0 aliphatic heterocycles. The van der Waals surface area contributed by atoms with Gasteiger partial charge in [0.05, 0.1) is 0 Å². The maximum Gasteiger partial charge on any atom is -0.0117 e. The van der Waals surface area contributed by atoms with Crippen LogP contribution in [0.15, 0.2) is 31.9 Å². The van der Waals surface area contributed by atoms with Crippen molar-refractivity contribution in [3.63, 3.8) is 0 Å². The third-order valence-electron chi connectivity index (χ3n) is 1.74. The van der Waals surface area contributed by atoms with Crippen molar-refractivity contribution in [2.75, 3.05) is 0 Å². The van der Waals surface area contributed by atoms with Crippen molar-refractivity contribution >= 4 is 18.2 Å². The van der Waals surface area contributed by atoms with Gasteiger partial charge in [0.15, 0.2) is 0 Å². The Morgan fingerprint density at radius 1 is 0.917 bits per heavy atom. The zero-order valence-corrected chi connectivity index (χ0v) is 7.01. The summed E-state index contributed by atoms with van der Waals surface area (Å²) in [5.74, 6) is 0. The van der Waals surface area contributed by atoms with Crippen LogP contribution in [0.1, 0.15) is 16.7 Å². The molecule has 1 rings (SSSR count). The van der Waals surface area contributed by atoms with Gasteiger partial charge in [0, 0.05) is 0 Å². The number of hydrogen-bond donors (Lipinski definition) is 0. The first-order chi connectivity index (χ1) is 5.83. The summed E-state index contributed by atoms with van der Waals surface area (Å²) in [6.07, 6.45) is 5.39. The molecule has 0 spiro atoms. The van der Waals surface area contributed by atoms with E-state index in [1.165, 1.54) is 0 Å². The monoisotopic (exact) mass is 155 g/mol. The minimum Gasteiger partial charge on any atom is -0.0984 e. The van der Waals surface area contributed by atoms with E-state index < -0.39 is 0 Å². The summed E-state index contributed by atoms with van der Waals surface area (Å²) >= 11 is 0. The molecule has 0 fully saturated rings. The SMILES string of the molecule is C=Cc1c[c]cc(C=C)c1C=C. The predicted molar refractivity (Wildman–Crippen MR) is 55.6 cm³/mol. The maximum absolute atomic E-state index is 3.74. The highest BCUT2D eigenvalue weighted by Crippen LogP contribution is 2.17. The van der Waals surface area contributed by atoms with Gasteiger partial charge in [-0.1, -0.05) is 38.0 Å². The summed E-state index contributed by atoms with van der Waals surface area (Å²) in [5, 5.41) is 0. The molecular weight excluding hydrogens is 144 g/mol. The van der Waals surface area contributed by atoms with Gasteiger partial charge < -0.3 is 0 Å². The molecule has 0 aliphatic carbocycles. The third kappa shape index (κ3) is 1.37. The zero-order valence-electron chi connectivity index (χ0n) is 7.01. The highest BCUT2D eigenvalue weighted by atomic mass is 14.0. The average molecular weight is 155 g/mol. The van der Waals surface area contributed by atoms with E-state index in [1.807, 2.05) is 18.2 Å². The van der Waals surface area contributed by atoms with Gasteiger partial charge in [0.1, 0.15) is 0 Å². The van der Waals surface area contributed by atoms with Crippen LogP contribution in [-0.4, -0.2) is 0 Å². The van der Waals surface area contributed by atoms with Gasteiger partial charge in [0.2, 0.25) is 0 Å². The Hall–Kier alpha value is -1.56. The quantitative estimate of drug-likeness (QED) is 0.627. The van der Waals surface area contributed by atoms with Crippen molar-refractivity contribution in [3.8, 4) is 0 Å². The van der Waals surface area contributed by atoms with Crippen LogP contribution >= 0.6 is 0 Å². The Bertz CT molecular complexity index is 293. The molecule has 0 heteroatoms. The summed E-state index contributed by atoms with van der Waals surface area (Å²) in [5.41, 5.74) is 3.16. The van der Waals surface area contributed by atoms with Gasteiger partial charge in [0.25, 0.3) is 0 Å². The van der Waals surface area contributed by atoms with E-state index in [0.717, 1.165) is 16.7 Å². The summed E-state index contributed by atoms with van der Waals surface area (Å²) < 4.78 is 0. The van der Waals surface area contributed by atoms with Crippen LogP contribution in [0, 0.1) is 6.07 Å². The lowest BCUT2D eigenvalue weighted by atomic mass is 10.0. The summed E-state index contributed by atoms with van der Waals surface area (Å²) in [6, 6.07) is 6.79. The lowest BCUT2D eigenvalue weighted by molar-refractivity contribution is 1.57. The van der Waals surface area contributed by atoms with Gasteiger partial charge in [-0.25, -0.2) is 0 Å². The molecule has 0 unspecified atom stereocenters. The molecule has 12 heavy (non-hydrogen) atoms. The van der Waals surface area contributed by atoms with Gasteiger partial charge in [-0.05, 0) is 34.9 Å². The lowest BCUT2D eigenvalue weighted by Gasteiger charge is -2.03. The largest absolute Gasteiger partial charge is 0.0984 e. The molecule has 0 nitrogen and oxygen atoms in total. The highest BCUT2D eigenvalue weighted by Gasteiger charge is 1.98. The van der Waals surface area contributed by atoms with E-state index in [0.29, 0.717) is 0 Å². The standard InChI is InChI=1S/C12H11/c1-4-10-8-7-9-11(5-2)12(10)6-3/h4-6,8-9H,1-3H2. The van der Waals surface area contributed by atoms with Crippen LogP contribution in [0.2, 0.25) is 0 Å². The fourth-order valence-corrected chi connectivity index (χ4v) is 1.12. The molecular formula is C12H11. The topological polar surface area (TPSA) is 0 Å². The van der Waals surface area contributed by atoms with Crippen molar-refractivity contribution in [3.05, 3.63) is 54.6 Å². The van der Waals surface area contributed by atoms with Crippen LogP contribution in [-0.2, 0) is 0 Å². The van der Waals surface area contributed by atoms with Crippen molar-refractivity contribution in [1.29, 1.82) is 0 Å². The lowest BCUT2D eigenvalue weighted by Crippen LogP contribution is -1.84. The zero-order chi connectivity index (χ0) is 8.97. The first kappa shape index (κ1) is 8.54. The Morgan fingerprint density at radius 3 is 1.75 bits per heavy atom. The van der Waals surface area contributed by atoms with E-state index in [2.05, 4.69) is 25.8 Å². The molecule has 59 valence electrons. The van der Waals surface area contributed by atoms with Crippen molar-refractivity contribution in [2.45, 2.75) is 0 Å². The van der Waals surface area contributed by atoms with E-state index >= 15 is 0 Å². The van der Waals surface area contributed by atoms with E-state index in [9.17, 15) is 0 Å². The number of benzene rings is 1. The first-order valence-electron chi connectivity index (χ1n) is 3.75. The second kappa shape index (κ2) is 3.72. The fraction of sp³-hybridized carbons (Fsp3) is 0.